The number of likely N-dealkylation sites (N-methyl/N-ethyl adjacent to an activating group) is 1. The van der Waals surface area contributed by atoms with Gasteiger partial charge in [0, 0.05) is 26.1 Å². The molecule has 212 valence electrons. The number of nitrogens with zero attached hydrogens (tertiary/aromatic N) is 2. The lowest BCUT2D eigenvalue weighted by Gasteiger charge is -2.37. The maximum atomic E-state index is 13.9. The van der Waals surface area contributed by atoms with E-state index in [0.29, 0.717) is 32.2 Å². The minimum absolute atomic E-state index is 0.193. The fourth-order valence-corrected chi connectivity index (χ4v) is 5.32. The number of hydrogen-bond acceptors (Lipinski definition) is 5. The summed E-state index contributed by atoms with van der Waals surface area (Å²) in [4.78, 5) is 40.8. The standard InChI is InChI=1S/C31H44N4O4/c1-32-29(36)28-13-8-20-33-35(28)30(37)26(19-18-24-14-16-25(17-15-24)22-34(2)3)21-27(31(38)39)12-7-11-23-9-5-4-6-10-23/h4-6,9-10,14-17,26-28,33H,7-8,11-13,18-22H2,1-3H3,(H,32,36)(H,38,39). The van der Waals surface area contributed by atoms with Crippen molar-refractivity contribution in [1.29, 1.82) is 0 Å². The molecule has 0 spiro atoms. The molecule has 3 unspecified atom stereocenters. The lowest BCUT2D eigenvalue weighted by atomic mass is 9.85. The van der Waals surface area contributed by atoms with Crippen LogP contribution in [0.25, 0.3) is 0 Å². The molecule has 1 heterocycles. The van der Waals surface area contributed by atoms with Gasteiger partial charge in [0.15, 0.2) is 0 Å². The lowest BCUT2D eigenvalue weighted by Crippen LogP contribution is -2.59. The predicted molar refractivity (Wildman–Crippen MR) is 153 cm³/mol. The Morgan fingerprint density at radius 2 is 1.64 bits per heavy atom. The molecule has 1 fully saturated rings. The number of aliphatic carboxylic acids is 1. The van der Waals surface area contributed by atoms with Gasteiger partial charge < -0.3 is 15.3 Å². The maximum Gasteiger partial charge on any atom is 0.306 e. The van der Waals surface area contributed by atoms with Crippen LogP contribution >= 0.6 is 0 Å². The highest BCUT2D eigenvalue weighted by molar-refractivity contribution is 5.88. The number of carboxylic acid groups (broad SMARTS) is 1. The van der Waals surface area contributed by atoms with Crippen LogP contribution in [0.2, 0.25) is 0 Å². The molecule has 8 nitrogen and oxygen atoms in total. The largest absolute Gasteiger partial charge is 0.481 e. The van der Waals surface area contributed by atoms with E-state index in [9.17, 15) is 19.5 Å². The minimum atomic E-state index is -0.872. The van der Waals surface area contributed by atoms with Crippen LogP contribution in [0.15, 0.2) is 54.6 Å². The molecule has 3 atom stereocenters. The second-order valence-electron chi connectivity index (χ2n) is 10.8. The van der Waals surface area contributed by atoms with E-state index in [-0.39, 0.29) is 18.2 Å². The molecule has 39 heavy (non-hydrogen) atoms. The van der Waals surface area contributed by atoms with Gasteiger partial charge in [0.2, 0.25) is 11.8 Å². The summed E-state index contributed by atoms with van der Waals surface area (Å²) in [5.74, 6) is -2.41. The molecule has 1 saturated heterocycles. The molecule has 1 aliphatic rings. The fourth-order valence-electron chi connectivity index (χ4n) is 5.32. The summed E-state index contributed by atoms with van der Waals surface area (Å²) >= 11 is 0. The molecule has 0 radical (unpaired) electrons. The minimum Gasteiger partial charge on any atom is -0.481 e. The second-order valence-corrected chi connectivity index (χ2v) is 10.8. The summed E-state index contributed by atoms with van der Waals surface area (Å²) in [5, 5.41) is 14.2. The number of nitrogens with one attached hydrogen (secondary N) is 2. The van der Waals surface area contributed by atoms with Crippen LogP contribution in [0.1, 0.15) is 55.2 Å². The summed E-state index contributed by atoms with van der Waals surface area (Å²) in [6.07, 6.45) is 4.84. The van der Waals surface area contributed by atoms with Gasteiger partial charge in [-0.1, -0.05) is 54.6 Å². The van der Waals surface area contributed by atoms with Gasteiger partial charge in [-0.15, -0.1) is 0 Å². The third-order valence-electron chi connectivity index (χ3n) is 7.47. The third kappa shape index (κ3) is 9.48. The number of carbonyl (C=O) groups excluding carboxylic acids is 2. The Kier molecular flexibility index (Phi) is 12.0. The first kappa shape index (κ1) is 30.3. The number of benzene rings is 2. The van der Waals surface area contributed by atoms with Gasteiger partial charge in [-0.2, -0.15) is 0 Å². The van der Waals surface area contributed by atoms with Crippen LogP contribution < -0.4 is 10.7 Å². The van der Waals surface area contributed by atoms with Gasteiger partial charge in [-0.3, -0.25) is 19.4 Å². The van der Waals surface area contributed by atoms with Crippen molar-refractivity contribution in [3.8, 4) is 0 Å². The molecule has 3 rings (SSSR count). The molecule has 0 aliphatic carbocycles. The van der Waals surface area contributed by atoms with Crippen molar-refractivity contribution in [2.75, 3.05) is 27.7 Å². The molecule has 3 N–H and O–H groups in total. The molecular formula is C31H44N4O4. The molecule has 0 saturated carbocycles. The smallest absolute Gasteiger partial charge is 0.306 e. The number of aryl methyl sites for hydroxylation is 2. The molecule has 0 aromatic heterocycles. The third-order valence-corrected chi connectivity index (χ3v) is 7.47. The van der Waals surface area contributed by atoms with E-state index < -0.39 is 23.8 Å². The summed E-state index contributed by atoms with van der Waals surface area (Å²) in [6, 6.07) is 17.8. The molecule has 2 aromatic rings. The van der Waals surface area contributed by atoms with E-state index in [1.54, 1.807) is 7.05 Å². The van der Waals surface area contributed by atoms with Gasteiger partial charge in [-0.05, 0) is 82.2 Å². The van der Waals surface area contributed by atoms with E-state index in [0.717, 1.165) is 31.4 Å². The Hall–Kier alpha value is -3.23. The van der Waals surface area contributed by atoms with E-state index in [1.807, 2.05) is 44.4 Å². The quantitative estimate of drug-likeness (QED) is 0.341. The van der Waals surface area contributed by atoms with Gasteiger partial charge in [0.1, 0.15) is 6.04 Å². The van der Waals surface area contributed by atoms with Crippen molar-refractivity contribution in [3.05, 3.63) is 71.3 Å². The van der Waals surface area contributed by atoms with E-state index in [1.165, 1.54) is 16.1 Å². The monoisotopic (exact) mass is 536 g/mol. The van der Waals surface area contributed by atoms with Gasteiger partial charge in [-0.25, -0.2) is 5.43 Å². The van der Waals surface area contributed by atoms with Crippen molar-refractivity contribution >= 4 is 17.8 Å². The first-order valence-corrected chi connectivity index (χ1v) is 14.1. The predicted octanol–water partition coefficient (Wildman–Crippen LogP) is 3.65. The Morgan fingerprint density at radius 1 is 0.974 bits per heavy atom. The Balaban J connectivity index is 1.74. The molecule has 2 aromatic carbocycles. The summed E-state index contributed by atoms with van der Waals surface area (Å²) < 4.78 is 0. The van der Waals surface area contributed by atoms with E-state index in [4.69, 9.17) is 0 Å². The SMILES string of the molecule is CNC(=O)C1CCCNN1C(=O)C(CCc1ccc(CN(C)C)cc1)CC(CCCc1ccccc1)C(=O)O. The lowest BCUT2D eigenvalue weighted by molar-refractivity contribution is -0.151. The number of carboxylic acids is 1. The van der Waals surface area contributed by atoms with Crippen molar-refractivity contribution in [2.45, 2.75) is 64.0 Å². The normalized spacial score (nSPS) is 17.0. The second kappa shape index (κ2) is 15.4. The molecule has 2 amide bonds. The summed E-state index contributed by atoms with van der Waals surface area (Å²) in [6.45, 7) is 1.46. The Labute approximate surface area is 232 Å². The number of amides is 2. The van der Waals surface area contributed by atoms with Crippen molar-refractivity contribution in [1.82, 2.24) is 20.7 Å². The van der Waals surface area contributed by atoms with Crippen molar-refractivity contribution < 1.29 is 19.5 Å². The van der Waals surface area contributed by atoms with Crippen LogP contribution in [-0.2, 0) is 33.8 Å². The maximum absolute atomic E-state index is 13.9. The van der Waals surface area contributed by atoms with Crippen LogP contribution in [0, 0.1) is 11.8 Å². The number of hydrazine groups is 1. The Morgan fingerprint density at radius 3 is 2.28 bits per heavy atom. The zero-order valence-electron chi connectivity index (χ0n) is 23.6. The number of rotatable bonds is 14. The van der Waals surface area contributed by atoms with Gasteiger partial charge in [0.25, 0.3) is 0 Å². The van der Waals surface area contributed by atoms with Crippen LogP contribution in [0.3, 0.4) is 0 Å². The average Bonchev–Trinajstić information content (AvgIpc) is 2.94. The molecule has 0 bridgehead atoms. The summed E-state index contributed by atoms with van der Waals surface area (Å²) in [7, 11) is 5.64. The zero-order chi connectivity index (χ0) is 28.2. The van der Waals surface area contributed by atoms with Crippen molar-refractivity contribution in [2.24, 2.45) is 11.8 Å². The van der Waals surface area contributed by atoms with Gasteiger partial charge in [0.05, 0.1) is 5.92 Å². The first-order chi connectivity index (χ1) is 18.8. The highest BCUT2D eigenvalue weighted by Gasteiger charge is 2.37. The Bertz CT molecular complexity index is 1060. The van der Waals surface area contributed by atoms with Crippen LogP contribution in [0.4, 0.5) is 0 Å². The van der Waals surface area contributed by atoms with Crippen LogP contribution in [0.5, 0.6) is 0 Å². The molecular weight excluding hydrogens is 492 g/mol. The van der Waals surface area contributed by atoms with Gasteiger partial charge >= 0.3 is 5.97 Å². The topological polar surface area (TPSA) is 102 Å². The number of carbonyl (C=O) groups is 3. The average molecular weight is 537 g/mol. The van der Waals surface area contributed by atoms with Crippen molar-refractivity contribution in [3.63, 3.8) is 0 Å². The summed E-state index contributed by atoms with van der Waals surface area (Å²) in [5.41, 5.74) is 6.63. The highest BCUT2D eigenvalue weighted by Crippen LogP contribution is 2.27. The van der Waals surface area contributed by atoms with E-state index >= 15 is 0 Å². The highest BCUT2D eigenvalue weighted by atomic mass is 16.4. The number of hydrogen-bond donors (Lipinski definition) is 3. The fraction of sp³-hybridized carbons (Fsp3) is 0.516. The first-order valence-electron chi connectivity index (χ1n) is 14.1. The van der Waals surface area contributed by atoms with E-state index in [2.05, 4.69) is 39.9 Å². The molecule has 8 heteroatoms. The van der Waals surface area contributed by atoms with Crippen LogP contribution in [-0.4, -0.2) is 66.5 Å². The molecule has 1 aliphatic heterocycles. The zero-order valence-corrected chi connectivity index (χ0v) is 23.6.